The van der Waals surface area contributed by atoms with Crippen molar-refractivity contribution in [2.75, 3.05) is 19.6 Å². The van der Waals surface area contributed by atoms with Crippen LogP contribution in [0.1, 0.15) is 51.4 Å². The van der Waals surface area contributed by atoms with Gasteiger partial charge >= 0.3 is 0 Å². The summed E-state index contributed by atoms with van der Waals surface area (Å²) in [5, 5.41) is 29.1. The first kappa shape index (κ1) is 14.8. The second-order valence-corrected chi connectivity index (χ2v) is 7.49. The molecule has 2 aliphatic carbocycles. The molecule has 0 bridgehead atoms. The van der Waals surface area contributed by atoms with E-state index in [4.69, 9.17) is 0 Å². The van der Waals surface area contributed by atoms with Crippen LogP contribution in [0.25, 0.3) is 0 Å². The molecule has 3 atom stereocenters. The molecule has 0 aromatic rings. The lowest BCUT2D eigenvalue weighted by atomic mass is 9.69. The molecule has 3 N–H and O–H groups in total. The maximum atomic E-state index is 9.76. The standard InChI is InChI=1S/C16H29NO3/c18-13-10-17(11-14(19)15(13)20)9-12-3-7-16(8-4-12)5-1-2-6-16/h12-15,18-20H,1-11H2/t13-,14+,15?. The minimum Gasteiger partial charge on any atom is -0.389 e. The second-order valence-electron chi connectivity index (χ2n) is 7.49. The summed E-state index contributed by atoms with van der Waals surface area (Å²) in [5.41, 5.74) is 0.674. The van der Waals surface area contributed by atoms with Crippen LogP contribution < -0.4 is 0 Å². The van der Waals surface area contributed by atoms with Gasteiger partial charge in [0.05, 0.1) is 12.2 Å². The number of β-amino-alcohol motifs (C(OH)–C–C–N with tert-alkyl or cyclic N) is 2. The van der Waals surface area contributed by atoms with E-state index in [2.05, 4.69) is 4.90 Å². The number of hydrogen-bond acceptors (Lipinski definition) is 4. The van der Waals surface area contributed by atoms with E-state index in [9.17, 15) is 15.3 Å². The van der Waals surface area contributed by atoms with Crippen LogP contribution in [0.15, 0.2) is 0 Å². The van der Waals surface area contributed by atoms with Gasteiger partial charge < -0.3 is 15.3 Å². The topological polar surface area (TPSA) is 63.9 Å². The number of likely N-dealkylation sites (tertiary alicyclic amines) is 1. The van der Waals surface area contributed by atoms with Gasteiger partial charge in [0.25, 0.3) is 0 Å². The molecule has 3 fully saturated rings. The molecule has 0 aromatic heterocycles. The van der Waals surface area contributed by atoms with Crippen molar-refractivity contribution < 1.29 is 15.3 Å². The number of rotatable bonds is 2. The van der Waals surface area contributed by atoms with Crippen molar-refractivity contribution in [3.8, 4) is 0 Å². The number of aliphatic hydroxyl groups excluding tert-OH is 3. The SMILES string of the molecule is OC1[C@H](O)CN(CC2CCC3(CCCC3)CC2)C[C@@H]1O. The number of aliphatic hydroxyl groups is 3. The van der Waals surface area contributed by atoms with Crippen LogP contribution in [-0.2, 0) is 0 Å². The summed E-state index contributed by atoms with van der Waals surface area (Å²) >= 11 is 0. The first-order valence-corrected chi connectivity index (χ1v) is 8.35. The molecular weight excluding hydrogens is 254 g/mol. The Hall–Kier alpha value is -0.160. The Kier molecular flexibility index (Phi) is 4.37. The Labute approximate surface area is 121 Å². The molecule has 1 spiro atoms. The lowest BCUT2D eigenvalue weighted by Crippen LogP contribution is -2.56. The third kappa shape index (κ3) is 3.03. The normalized spacial score (nSPS) is 39.5. The second kappa shape index (κ2) is 5.91. The first-order chi connectivity index (χ1) is 9.58. The van der Waals surface area contributed by atoms with Crippen LogP contribution in [0.3, 0.4) is 0 Å². The van der Waals surface area contributed by atoms with Gasteiger partial charge in [-0.3, -0.25) is 4.90 Å². The maximum absolute atomic E-state index is 9.76. The Balaban J connectivity index is 1.47. The van der Waals surface area contributed by atoms with E-state index in [0.29, 0.717) is 24.4 Å². The van der Waals surface area contributed by atoms with E-state index in [0.717, 1.165) is 6.54 Å². The maximum Gasteiger partial charge on any atom is 0.108 e. The smallest absolute Gasteiger partial charge is 0.108 e. The van der Waals surface area contributed by atoms with Crippen LogP contribution in [0, 0.1) is 11.3 Å². The molecule has 2 saturated carbocycles. The minimum absolute atomic E-state index is 0.500. The van der Waals surface area contributed by atoms with Crippen molar-refractivity contribution in [2.24, 2.45) is 11.3 Å². The molecule has 20 heavy (non-hydrogen) atoms. The predicted molar refractivity (Wildman–Crippen MR) is 77.3 cm³/mol. The van der Waals surface area contributed by atoms with Gasteiger partial charge in [0.15, 0.2) is 0 Å². The number of hydrogen-bond donors (Lipinski definition) is 3. The molecule has 4 heteroatoms. The summed E-state index contributed by atoms with van der Waals surface area (Å²) in [6.45, 7) is 1.97. The van der Waals surface area contributed by atoms with Crippen LogP contribution >= 0.6 is 0 Å². The van der Waals surface area contributed by atoms with Crippen molar-refractivity contribution in [1.82, 2.24) is 4.90 Å². The summed E-state index contributed by atoms with van der Waals surface area (Å²) in [6, 6.07) is 0. The lowest BCUT2D eigenvalue weighted by molar-refractivity contribution is -0.113. The van der Waals surface area contributed by atoms with Crippen molar-refractivity contribution >= 4 is 0 Å². The fourth-order valence-corrected chi connectivity index (χ4v) is 4.69. The largest absolute Gasteiger partial charge is 0.389 e. The highest BCUT2D eigenvalue weighted by atomic mass is 16.4. The third-order valence-corrected chi connectivity index (χ3v) is 6.03. The zero-order chi connectivity index (χ0) is 14.2. The number of nitrogens with zero attached hydrogens (tertiary/aromatic N) is 1. The number of piperidine rings is 1. The van der Waals surface area contributed by atoms with Gasteiger partial charge in [0, 0.05) is 19.6 Å². The highest BCUT2D eigenvalue weighted by Gasteiger charge is 2.39. The Morgan fingerprint density at radius 3 is 1.95 bits per heavy atom. The lowest BCUT2D eigenvalue weighted by Gasteiger charge is -2.42. The van der Waals surface area contributed by atoms with E-state index in [1.54, 1.807) is 0 Å². The first-order valence-electron chi connectivity index (χ1n) is 8.35. The van der Waals surface area contributed by atoms with Gasteiger partial charge in [-0.15, -0.1) is 0 Å². The van der Waals surface area contributed by atoms with Crippen LogP contribution in [0.2, 0.25) is 0 Å². The minimum atomic E-state index is -0.973. The molecule has 1 aliphatic heterocycles. The van der Waals surface area contributed by atoms with Gasteiger partial charge in [0.1, 0.15) is 6.10 Å². The van der Waals surface area contributed by atoms with Gasteiger partial charge in [-0.1, -0.05) is 12.8 Å². The summed E-state index contributed by atoms with van der Waals surface area (Å²) < 4.78 is 0. The zero-order valence-corrected chi connectivity index (χ0v) is 12.4. The summed E-state index contributed by atoms with van der Waals surface area (Å²) in [7, 11) is 0. The van der Waals surface area contributed by atoms with Crippen molar-refractivity contribution in [2.45, 2.75) is 69.7 Å². The monoisotopic (exact) mass is 283 g/mol. The van der Waals surface area contributed by atoms with E-state index < -0.39 is 18.3 Å². The summed E-state index contributed by atoms with van der Waals surface area (Å²) in [4.78, 5) is 2.14. The molecule has 3 aliphatic rings. The fraction of sp³-hybridized carbons (Fsp3) is 1.00. The summed E-state index contributed by atoms with van der Waals surface area (Å²) in [6.07, 6.45) is 8.49. The van der Waals surface area contributed by atoms with E-state index >= 15 is 0 Å². The van der Waals surface area contributed by atoms with E-state index in [1.807, 2.05) is 0 Å². The van der Waals surface area contributed by atoms with Crippen LogP contribution in [0.5, 0.6) is 0 Å². The molecular formula is C16H29NO3. The molecule has 1 unspecified atom stereocenters. The highest BCUT2D eigenvalue weighted by molar-refractivity contribution is 4.92. The highest BCUT2D eigenvalue weighted by Crippen LogP contribution is 2.50. The summed E-state index contributed by atoms with van der Waals surface area (Å²) in [5.74, 6) is 0.705. The predicted octanol–water partition coefficient (Wildman–Crippen LogP) is 1.14. The van der Waals surface area contributed by atoms with Gasteiger partial charge in [0.2, 0.25) is 0 Å². The average molecular weight is 283 g/mol. The quantitative estimate of drug-likeness (QED) is 0.711. The Bertz CT molecular complexity index is 308. The molecule has 0 aromatic carbocycles. The zero-order valence-electron chi connectivity index (χ0n) is 12.4. The molecule has 4 nitrogen and oxygen atoms in total. The van der Waals surface area contributed by atoms with Crippen LogP contribution in [0.4, 0.5) is 0 Å². The average Bonchev–Trinajstić information content (AvgIpc) is 2.87. The van der Waals surface area contributed by atoms with Crippen molar-refractivity contribution in [3.63, 3.8) is 0 Å². The van der Waals surface area contributed by atoms with Gasteiger partial charge in [-0.25, -0.2) is 0 Å². The molecule has 3 rings (SSSR count). The van der Waals surface area contributed by atoms with Crippen LogP contribution in [-0.4, -0.2) is 58.2 Å². The third-order valence-electron chi connectivity index (χ3n) is 6.03. The Morgan fingerprint density at radius 1 is 0.850 bits per heavy atom. The van der Waals surface area contributed by atoms with Crippen molar-refractivity contribution in [3.05, 3.63) is 0 Å². The van der Waals surface area contributed by atoms with E-state index in [-0.39, 0.29) is 0 Å². The fourth-order valence-electron chi connectivity index (χ4n) is 4.69. The molecule has 116 valence electrons. The van der Waals surface area contributed by atoms with E-state index in [1.165, 1.54) is 51.4 Å². The molecule has 0 amide bonds. The Morgan fingerprint density at radius 2 is 1.40 bits per heavy atom. The molecule has 1 heterocycles. The van der Waals surface area contributed by atoms with Gasteiger partial charge in [-0.2, -0.15) is 0 Å². The molecule has 0 radical (unpaired) electrons. The molecule has 1 saturated heterocycles. The van der Waals surface area contributed by atoms with Gasteiger partial charge in [-0.05, 0) is 49.9 Å². The van der Waals surface area contributed by atoms with Crippen molar-refractivity contribution in [1.29, 1.82) is 0 Å².